The van der Waals surface area contributed by atoms with Gasteiger partial charge in [-0.1, -0.05) is 36.4 Å². The summed E-state index contributed by atoms with van der Waals surface area (Å²) in [5.41, 5.74) is 2.50. The molecule has 0 radical (unpaired) electrons. The van der Waals surface area contributed by atoms with Crippen LogP contribution in [0.15, 0.2) is 54.1 Å². The predicted molar refractivity (Wildman–Crippen MR) is 105 cm³/mol. The molecule has 0 bridgehead atoms. The van der Waals surface area contributed by atoms with Gasteiger partial charge in [0.2, 0.25) is 0 Å². The zero-order valence-electron chi connectivity index (χ0n) is 16.1. The number of carbonyl (C=O) groups is 2. The fourth-order valence-corrected chi connectivity index (χ4v) is 2.65. The molecule has 0 saturated carbocycles. The van der Waals surface area contributed by atoms with Crippen molar-refractivity contribution in [1.82, 2.24) is 5.32 Å². The van der Waals surface area contributed by atoms with Gasteiger partial charge in [-0.25, -0.2) is 4.79 Å². The van der Waals surface area contributed by atoms with Gasteiger partial charge >= 0.3 is 5.97 Å². The van der Waals surface area contributed by atoms with E-state index in [4.69, 9.17) is 9.47 Å². The quantitative estimate of drug-likeness (QED) is 0.453. The van der Waals surface area contributed by atoms with Gasteiger partial charge in [0, 0.05) is 0 Å². The first kappa shape index (κ1) is 20.7. The monoisotopic (exact) mass is 378 g/mol. The predicted octanol–water partition coefficient (Wildman–Crippen LogP) is 3.33. The SMILES string of the molecule is COc1ccc(/C=C(\C#N)C(=O)OCC(=O)NC(C)c2ccccc2C)cc1. The van der Waals surface area contributed by atoms with Crippen molar-refractivity contribution in [3.8, 4) is 11.8 Å². The molecule has 1 amide bonds. The molecule has 0 fully saturated rings. The number of amides is 1. The Morgan fingerprint density at radius 3 is 2.46 bits per heavy atom. The van der Waals surface area contributed by atoms with Crippen molar-refractivity contribution in [1.29, 1.82) is 5.26 Å². The molecular formula is C22H22N2O4. The van der Waals surface area contributed by atoms with Gasteiger partial charge in [0.15, 0.2) is 6.61 Å². The number of hydrogen-bond acceptors (Lipinski definition) is 5. The van der Waals surface area contributed by atoms with Crippen LogP contribution in [-0.4, -0.2) is 25.6 Å². The lowest BCUT2D eigenvalue weighted by atomic mass is 10.0. The summed E-state index contributed by atoms with van der Waals surface area (Å²) >= 11 is 0. The average Bonchev–Trinajstić information content (AvgIpc) is 2.70. The van der Waals surface area contributed by atoms with E-state index in [1.807, 2.05) is 38.1 Å². The molecule has 0 aliphatic rings. The van der Waals surface area contributed by atoms with Crippen molar-refractivity contribution in [2.75, 3.05) is 13.7 Å². The first-order valence-corrected chi connectivity index (χ1v) is 8.72. The van der Waals surface area contributed by atoms with Crippen LogP contribution in [0, 0.1) is 18.3 Å². The number of aryl methyl sites for hydroxylation is 1. The van der Waals surface area contributed by atoms with Gasteiger partial charge in [-0.2, -0.15) is 5.26 Å². The third-order valence-corrected chi connectivity index (χ3v) is 4.13. The number of methoxy groups -OCH3 is 1. The zero-order valence-corrected chi connectivity index (χ0v) is 16.1. The number of rotatable bonds is 7. The molecule has 6 heteroatoms. The summed E-state index contributed by atoms with van der Waals surface area (Å²) in [4.78, 5) is 24.2. The minimum Gasteiger partial charge on any atom is -0.497 e. The molecule has 1 N–H and O–H groups in total. The molecule has 0 heterocycles. The van der Waals surface area contributed by atoms with Crippen molar-refractivity contribution < 1.29 is 19.1 Å². The van der Waals surface area contributed by atoms with Crippen LogP contribution >= 0.6 is 0 Å². The van der Waals surface area contributed by atoms with Gasteiger partial charge in [-0.15, -0.1) is 0 Å². The Bertz CT molecular complexity index is 911. The average molecular weight is 378 g/mol. The van der Waals surface area contributed by atoms with Crippen molar-refractivity contribution in [3.63, 3.8) is 0 Å². The van der Waals surface area contributed by atoms with E-state index in [9.17, 15) is 14.9 Å². The van der Waals surface area contributed by atoms with Crippen LogP contribution in [0.3, 0.4) is 0 Å². The first-order valence-electron chi connectivity index (χ1n) is 8.72. The highest BCUT2D eigenvalue weighted by molar-refractivity contribution is 5.98. The molecule has 0 aliphatic heterocycles. The molecule has 2 aromatic carbocycles. The molecule has 0 spiro atoms. The second kappa shape index (κ2) is 9.93. The maximum atomic E-state index is 12.1. The highest BCUT2D eigenvalue weighted by atomic mass is 16.5. The van der Waals surface area contributed by atoms with Gasteiger partial charge in [0.25, 0.3) is 5.91 Å². The fourth-order valence-electron chi connectivity index (χ4n) is 2.65. The van der Waals surface area contributed by atoms with Gasteiger partial charge in [-0.05, 0) is 48.7 Å². The molecule has 1 unspecified atom stereocenters. The number of nitrogens with one attached hydrogen (secondary N) is 1. The van der Waals surface area contributed by atoms with Crippen LogP contribution in [0.4, 0.5) is 0 Å². The number of ether oxygens (including phenoxy) is 2. The second-order valence-corrected chi connectivity index (χ2v) is 6.16. The summed E-state index contributed by atoms with van der Waals surface area (Å²) in [6.45, 7) is 3.35. The van der Waals surface area contributed by atoms with E-state index in [1.54, 1.807) is 37.4 Å². The molecular weight excluding hydrogens is 356 g/mol. The number of nitrogens with zero attached hydrogens (tertiary/aromatic N) is 1. The van der Waals surface area contributed by atoms with E-state index in [1.165, 1.54) is 6.08 Å². The van der Waals surface area contributed by atoms with Crippen LogP contribution < -0.4 is 10.1 Å². The van der Waals surface area contributed by atoms with Crippen LogP contribution in [0.25, 0.3) is 6.08 Å². The van der Waals surface area contributed by atoms with E-state index in [0.29, 0.717) is 11.3 Å². The third-order valence-electron chi connectivity index (χ3n) is 4.13. The first-order chi connectivity index (χ1) is 13.4. The summed E-state index contributed by atoms with van der Waals surface area (Å²) in [7, 11) is 1.55. The summed E-state index contributed by atoms with van der Waals surface area (Å²) < 4.78 is 10.0. The van der Waals surface area contributed by atoms with Crippen molar-refractivity contribution in [3.05, 3.63) is 70.8 Å². The summed E-state index contributed by atoms with van der Waals surface area (Å²) in [5, 5.41) is 12.0. The van der Waals surface area contributed by atoms with Crippen LogP contribution in [0.1, 0.15) is 29.7 Å². The van der Waals surface area contributed by atoms with E-state index >= 15 is 0 Å². The van der Waals surface area contributed by atoms with E-state index in [0.717, 1.165) is 11.1 Å². The summed E-state index contributed by atoms with van der Waals surface area (Å²) in [6.07, 6.45) is 1.40. The largest absolute Gasteiger partial charge is 0.497 e. The molecule has 28 heavy (non-hydrogen) atoms. The van der Waals surface area contributed by atoms with Crippen molar-refractivity contribution >= 4 is 18.0 Å². The Kier molecular flexibility index (Phi) is 7.35. The van der Waals surface area contributed by atoms with Crippen LogP contribution in [-0.2, 0) is 14.3 Å². The molecule has 1 atom stereocenters. The Morgan fingerprint density at radius 2 is 1.86 bits per heavy atom. The highest BCUT2D eigenvalue weighted by Crippen LogP contribution is 2.17. The number of hydrogen-bond donors (Lipinski definition) is 1. The van der Waals surface area contributed by atoms with Crippen LogP contribution in [0.2, 0.25) is 0 Å². The lowest BCUT2D eigenvalue weighted by molar-refractivity contribution is -0.144. The topological polar surface area (TPSA) is 88.4 Å². The Labute approximate surface area is 164 Å². The zero-order chi connectivity index (χ0) is 20.5. The van der Waals surface area contributed by atoms with E-state index < -0.39 is 18.5 Å². The smallest absolute Gasteiger partial charge is 0.349 e. The van der Waals surface area contributed by atoms with Gasteiger partial charge in [0.1, 0.15) is 17.4 Å². The molecule has 0 saturated heterocycles. The number of benzene rings is 2. The maximum absolute atomic E-state index is 12.1. The normalized spacial score (nSPS) is 11.9. The number of carbonyl (C=O) groups excluding carboxylic acids is 2. The molecule has 2 aromatic rings. The van der Waals surface area contributed by atoms with E-state index in [2.05, 4.69) is 5.32 Å². The lowest BCUT2D eigenvalue weighted by Gasteiger charge is -2.16. The summed E-state index contributed by atoms with van der Waals surface area (Å²) in [6, 6.07) is 16.1. The second-order valence-electron chi connectivity index (χ2n) is 6.16. The van der Waals surface area contributed by atoms with Gasteiger partial charge < -0.3 is 14.8 Å². The third kappa shape index (κ3) is 5.71. The lowest BCUT2D eigenvalue weighted by Crippen LogP contribution is -2.31. The van der Waals surface area contributed by atoms with Crippen molar-refractivity contribution in [2.24, 2.45) is 0 Å². The van der Waals surface area contributed by atoms with Gasteiger partial charge in [0.05, 0.1) is 13.2 Å². The van der Waals surface area contributed by atoms with Gasteiger partial charge in [-0.3, -0.25) is 4.79 Å². The standard InChI is InChI=1S/C22H22N2O4/c1-15-6-4-5-7-20(15)16(2)24-21(25)14-28-22(26)18(13-23)12-17-8-10-19(27-3)11-9-17/h4-12,16H,14H2,1-3H3,(H,24,25)/b18-12+. The number of esters is 1. The van der Waals surface area contributed by atoms with Crippen LogP contribution in [0.5, 0.6) is 5.75 Å². The minimum absolute atomic E-state index is 0.190. The van der Waals surface area contributed by atoms with E-state index in [-0.39, 0.29) is 11.6 Å². The molecule has 0 aliphatic carbocycles. The Hall–Kier alpha value is -3.59. The molecule has 0 aromatic heterocycles. The highest BCUT2D eigenvalue weighted by Gasteiger charge is 2.15. The molecule has 144 valence electrons. The fraction of sp³-hybridized carbons (Fsp3) is 0.227. The molecule has 2 rings (SSSR count). The molecule has 6 nitrogen and oxygen atoms in total. The summed E-state index contributed by atoms with van der Waals surface area (Å²) in [5.74, 6) is -0.625. The minimum atomic E-state index is -0.850. The maximum Gasteiger partial charge on any atom is 0.349 e. The number of nitriles is 1. The Balaban J connectivity index is 1.93. The van der Waals surface area contributed by atoms with Crippen molar-refractivity contribution in [2.45, 2.75) is 19.9 Å². The Morgan fingerprint density at radius 1 is 1.18 bits per heavy atom.